The molecule has 6 nitrogen and oxygen atoms in total. The quantitative estimate of drug-likeness (QED) is 0.721. The molecule has 0 unspecified atom stereocenters. The van der Waals surface area contributed by atoms with Crippen LogP contribution in [0.3, 0.4) is 0 Å². The minimum atomic E-state index is -0.0527. The SMILES string of the molecule is CCn1ccc2cc(Nc3cc(Cl)ccn3)nc(NC(C)C)c2c1=O. The second-order valence-corrected chi connectivity index (χ2v) is 6.45. The molecule has 130 valence electrons. The molecule has 0 saturated heterocycles. The number of nitrogens with zero attached hydrogens (tertiary/aromatic N) is 3. The average Bonchev–Trinajstić information content (AvgIpc) is 2.54. The number of aryl methyl sites for hydroxylation is 1. The van der Waals surface area contributed by atoms with E-state index in [4.69, 9.17) is 11.6 Å². The first-order valence-corrected chi connectivity index (χ1v) is 8.55. The lowest BCUT2D eigenvalue weighted by Crippen LogP contribution is -2.21. The lowest BCUT2D eigenvalue weighted by Gasteiger charge is -2.15. The molecule has 0 aliphatic rings. The van der Waals surface area contributed by atoms with Crippen LogP contribution < -0.4 is 16.2 Å². The van der Waals surface area contributed by atoms with Crippen molar-refractivity contribution in [3.05, 3.63) is 52.0 Å². The highest BCUT2D eigenvalue weighted by Gasteiger charge is 2.12. The molecule has 0 aromatic carbocycles. The maximum absolute atomic E-state index is 12.7. The average molecular weight is 358 g/mol. The van der Waals surface area contributed by atoms with E-state index in [1.165, 1.54) is 0 Å². The Hall–Kier alpha value is -2.60. The van der Waals surface area contributed by atoms with Crippen molar-refractivity contribution in [1.82, 2.24) is 14.5 Å². The van der Waals surface area contributed by atoms with Crippen LogP contribution in [0.25, 0.3) is 10.8 Å². The first-order valence-electron chi connectivity index (χ1n) is 8.17. The molecule has 3 aromatic rings. The van der Waals surface area contributed by atoms with E-state index in [-0.39, 0.29) is 11.6 Å². The normalized spacial score (nSPS) is 11.1. The summed E-state index contributed by atoms with van der Waals surface area (Å²) in [4.78, 5) is 21.5. The summed E-state index contributed by atoms with van der Waals surface area (Å²) in [5.41, 5.74) is -0.0527. The molecule has 0 spiro atoms. The largest absolute Gasteiger partial charge is 0.367 e. The number of halogens is 1. The maximum Gasteiger partial charge on any atom is 0.262 e. The lowest BCUT2D eigenvalue weighted by molar-refractivity contribution is 0.734. The van der Waals surface area contributed by atoms with Gasteiger partial charge >= 0.3 is 0 Å². The van der Waals surface area contributed by atoms with Crippen molar-refractivity contribution in [2.45, 2.75) is 33.4 Å². The van der Waals surface area contributed by atoms with Crippen molar-refractivity contribution in [2.75, 3.05) is 10.6 Å². The number of pyridine rings is 3. The topological polar surface area (TPSA) is 71.8 Å². The van der Waals surface area contributed by atoms with Gasteiger partial charge in [0.2, 0.25) is 0 Å². The number of rotatable bonds is 5. The second kappa shape index (κ2) is 7.11. The van der Waals surface area contributed by atoms with E-state index < -0.39 is 0 Å². The van der Waals surface area contributed by atoms with Crippen molar-refractivity contribution in [3.8, 4) is 0 Å². The number of hydrogen-bond donors (Lipinski definition) is 2. The fraction of sp³-hybridized carbons (Fsp3) is 0.278. The first-order chi connectivity index (χ1) is 12.0. The molecule has 0 aliphatic carbocycles. The van der Waals surface area contributed by atoms with Gasteiger partial charge in [-0.25, -0.2) is 9.97 Å². The third-order valence-corrected chi connectivity index (χ3v) is 3.94. The predicted octanol–water partition coefficient (Wildman–Crippen LogP) is 4.03. The zero-order valence-corrected chi connectivity index (χ0v) is 15.1. The summed E-state index contributed by atoms with van der Waals surface area (Å²) in [5.74, 6) is 1.75. The van der Waals surface area contributed by atoms with Crippen molar-refractivity contribution in [3.63, 3.8) is 0 Å². The van der Waals surface area contributed by atoms with Crippen LogP contribution in [0.1, 0.15) is 20.8 Å². The van der Waals surface area contributed by atoms with E-state index in [2.05, 4.69) is 20.6 Å². The van der Waals surface area contributed by atoms with Crippen molar-refractivity contribution in [2.24, 2.45) is 0 Å². The lowest BCUT2D eigenvalue weighted by atomic mass is 10.2. The van der Waals surface area contributed by atoms with Gasteiger partial charge in [0.1, 0.15) is 17.5 Å². The van der Waals surface area contributed by atoms with Gasteiger partial charge in [-0.1, -0.05) is 11.6 Å². The van der Waals surface area contributed by atoms with E-state index in [1.807, 2.05) is 32.9 Å². The molecule has 3 heterocycles. The van der Waals surface area contributed by atoms with Crippen molar-refractivity contribution >= 4 is 39.8 Å². The zero-order chi connectivity index (χ0) is 18.0. The fourth-order valence-electron chi connectivity index (χ4n) is 2.60. The molecule has 0 saturated carbocycles. The van der Waals surface area contributed by atoms with Gasteiger partial charge in [-0.3, -0.25) is 4.79 Å². The molecule has 7 heteroatoms. The summed E-state index contributed by atoms with van der Waals surface area (Å²) in [5, 5.41) is 8.40. The van der Waals surface area contributed by atoms with Gasteiger partial charge in [-0.05, 0) is 50.4 Å². The minimum Gasteiger partial charge on any atom is -0.367 e. The Morgan fingerprint density at radius 2 is 2.04 bits per heavy atom. The van der Waals surface area contributed by atoms with Gasteiger partial charge < -0.3 is 15.2 Å². The monoisotopic (exact) mass is 357 g/mol. The molecule has 0 fully saturated rings. The molecule has 0 bridgehead atoms. The summed E-state index contributed by atoms with van der Waals surface area (Å²) >= 11 is 6.00. The van der Waals surface area contributed by atoms with Crippen LogP contribution in [0.15, 0.2) is 41.5 Å². The number of hydrogen-bond acceptors (Lipinski definition) is 5. The van der Waals surface area contributed by atoms with Crippen molar-refractivity contribution in [1.29, 1.82) is 0 Å². The van der Waals surface area contributed by atoms with Crippen LogP contribution in [0.5, 0.6) is 0 Å². The minimum absolute atomic E-state index is 0.0527. The Balaban J connectivity index is 2.13. The zero-order valence-electron chi connectivity index (χ0n) is 14.4. The van der Waals surface area contributed by atoms with E-state index in [1.54, 1.807) is 29.1 Å². The van der Waals surface area contributed by atoms with E-state index in [0.29, 0.717) is 34.4 Å². The molecule has 0 amide bonds. The summed E-state index contributed by atoms with van der Waals surface area (Å²) < 4.78 is 1.67. The van der Waals surface area contributed by atoms with Crippen LogP contribution in [0.2, 0.25) is 5.02 Å². The predicted molar refractivity (Wildman–Crippen MR) is 103 cm³/mol. The smallest absolute Gasteiger partial charge is 0.262 e. The number of anilines is 3. The number of fused-ring (bicyclic) bond motifs is 1. The second-order valence-electron chi connectivity index (χ2n) is 6.01. The van der Waals surface area contributed by atoms with Gasteiger partial charge in [0.05, 0.1) is 5.39 Å². The fourth-order valence-corrected chi connectivity index (χ4v) is 2.76. The van der Waals surface area contributed by atoms with Crippen LogP contribution in [0, 0.1) is 0 Å². The molecule has 0 aliphatic heterocycles. The van der Waals surface area contributed by atoms with Gasteiger partial charge in [0.25, 0.3) is 5.56 Å². The Morgan fingerprint density at radius 3 is 2.72 bits per heavy atom. The van der Waals surface area contributed by atoms with Crippen LogP contribution in [-0.2, 0) is 6.54 Å². The summed E-state index contributed by atoms with van der Waals surface area (Å²) in [7, 11) is 0. The molecule has 25 heavy (non-hydrogen) atoms. The standard InChI is InChI=1S/C18H20ClN5O/c1-4-24-8-6-12-9-15(22-14-10-13(19)5-7-20-14)23-17(21-11(2)3)16(12)18(24)25/h5-11H,4H2,1-3H3,(H2,20,21,22,23). The third kappa shape index (κ3) is 3.74. The molecule has 0 atom stereocenters. The summed E-state index contributed by atoms with van der Waals surface area (Å²) in [6, 6.07) is 7.33. The highest BCUT2D eigenvalue weighted by Crippen LogP contribution is 2.25. The Labute approximate surface area is 150 Å². The van der Waals surface area contributed by atoms with Crippen LogP contribution >= 0.6 is 11.6 Å². The molecule has 2 N–H and O–H groups in total. The van der Waals surface area contributed by atoms with Gasteiger partial charge in [-0.2, -0.15) is 0 Å². The summed E-state index contributed by atoms with van der Waals surface area (Å²) in [6.07, 6.45) is 3.42. The maximum atomic E-state index is 12.7. The number of aromatic nitrogens is 3. The Kier molecular flexibility index (Phi) is 4.90. The Bertz CT molecular complexity index is 967. The Morgan fingerprint density at radius 1 is 1.24 bits per heavy atom. The molecular weight excluding hydrogens is 338 g/mol. The van der Waals surface area contributed by atoms with E-state index >= 15 is 0 Å². The molecule has 3 aromatic heterocycles. The molecule has 0 radical (unpaired) electrons. The van der Waals surface area contributed by atoms with Crippen LogP contribution in [-0.4, -0.2) is 20.6 Å². The summed E-state index contributed by atoms with van der Waals surface area (Å²) in [6.45, 7) is 6.57. The van der Waals surface area contributed by atoms with E-state index in [9.17, 15) is 4.79 Å². The van der Waals surface area contributed by atoms with Crippen molar-refractivity contribution < 1.29 is 0 Å². The molecular formula is C18H20ClN5O. The highest BCUT2D eigenvalue weighted by molar-refractivity contribution is 6.30. The first kappa shape index (κ1) is 17.2. The third-order valence-electron chi connectivity index (χ3n) is 3.70. The van der Waals surface area contributed by atoms with Gasteiger partial charge in [0.15, 0.2) is 0 Å². The van der Waals surface area contributed by atoms with E-state index in [0.717, 1.165) is 5.39 Å². The van der Waals surface area contributed by atoms with Crippen LogP contribution in [0.4, 0.5) is 17.5 Å². The highest BCUT2D eigenvalue weighted by atomic mass is 35.5. The van der Waals surface area contributed by atoms with Gasteiger partial charge in [0, 0.05) is 30.0 Å². The molecule has 3 rings (SSSR count). The number of nitrogens with one attached hydrogen (secondary N) is 2. The van der Waals surface area contributed by atoms with Gasteiger partial charge in [-0.15, -0.1) is 0 Å².